The summed E-state index contributed by atoms with van der Waals surface area (Å²) < 4.78 is 5.25. The number of ether oxygens (including phenoxy) is 1. The minimum atomic E-state index is -0.579. The van der Waals surface area contributed by atoms with E-state index in [-0.39, 0.29) is 17.8 Å². The first kappa shape index (κ1) is 14.7. The summed E-state index contributed by atoms with van der Waals surface area (Å²) in [6.07, 6.45) is 5.05. The van der Waals surface area contributed by atoms with Gasteiger partial charge < -0.3 is 20.9 Å². The molecule has 20 heavy (non-hydrogen) atoms. The number of hydrogen-bond donors (Lipinski definition) is 3. The van der Waals surface area contributed by atoms with Crippen LogP contribution < -0.4 is 15.8 Å². The molecule has 1 fully saturated rings. The molecular weight excluding hydrogens is 258 g/mol. The second-order valence-corrected chi connectivity index (χ2v) is 5.04. The summed E-state index contributed by atoms with van der Waals surface area (Å²) in [7, 11) is 1.54. The van der Waals surface area contributed by atoms with Gasteiger partial charge in [-0.05, 0) is 18.9 Å². The molecule has 0 unspecified atom stereocenters. The van der Waals surface area contributed by atoms with Crippen LogP contribution in [0.1, 0.15) is 41.7 Å². The molecule has 0 spiro atoms. The summed E-state index contributed by atoms with van der Waals surface area (Å²) in [4.78, 5) is 15.4. The highest BCUT2D eigenvalue weighted by molar-refractivity contribution is 5.92. The molecule has 1 aliphatic carbocycles. The number of amides is 1. The lowest BCUT2D eigenvalue weighted by Crippen LogP contribution is -2.42. The van der Waals surface area contributed by atoms with Gasteiger partial charge >= 0.3 is 0 Å². The normalized spacial score (nSPS) is 22.5. The van der Waals surface area contributed by atoms with Crippen LogP contribution in [0.15, 0.2) is 12.3 Å². The van der Waals surface area contributed by atoms with Crippen molar-refractivity contribution >= 4 is 5.91 Å². The fourth-order valence-corrected chi connectivity index (χ4v) is 2.63. The number of hydrogen-bond acceptors (Lipinski definition) is 5. The van der Waals surface area contributed by atoms with E-state index in [4.69, 9.17) is 10.5 Å². The number of pyridine rings is 1. The van der Waals surface area contributed by atoms with E-state index >= 15 is 0 Å². The van der Waals surface area contributed by atoms with Crippen molar-refractivity contribution in [2.24, 2.45) is 5.73 Å². The van der Waals surface area contributed by atoms with Crippen LogP contribution in [0.2, 0.25) is 0 Å². The van der Waals surface area contributed by atoms with Gasteiger partial charge in [-0.3, -0.25) is 9.78 Å². The molecule has 0 saturated heterocycles. The summed E-state index contributed by atoms with van der Waals surface area (Å²) in [5.74, 6) is -0.00325. The Morgan fingerprint density at radius 2 is 2.30 bits per heavy atom. The third-order valence-electron chi connectivity index (χ3n) is 3.74. The van der Waals surface area contributed by atoms with Crippen molar-refractivity contribution in [1.29, 1.82) is 0 Å². The van der Waals surface area contributed by atoms with Gasteiger partial charge in [-0.15, -0.1) is 0 Å². The van der Waals surface area contributed by atoms with E-state index in [0.29, 0.717) is 17.9 Å². The molecule has 110 valence electrons. The maximum atomic E-state index is 11.4. The molecule has 0 radical (unpaired) electrons. The first-order chi connectivity index (χ1) is 9.63. The van der Waals surface area contributed by atoms with Crippen LogP contribution in [-0.4, -0.2) is 35.3 Å². The van der Waals surface area contributed by atoms with Crippen LogP contribution in [0, 0.1) is 0 Å². The second-order valence-electron chi connectivity index (χ2n) is 5.04. The molecule has 0 aliphatic heterocycles. The molecule has 1 heterocycles. The summed E-state index contributed by atoms with van der Waals surface area (Å²) in [6, 6.07) is 1.73. The van der Waals surface area contributed by atoms with Gasteiger partial charge in [0.2, 0.25) is 0 Å². The van der Waals surface area contributed by atoms with Crippen LogP contribution in [0.4, 0.5) is 0 Å². The van der Waals surface area contributed by atoms with Crippen molar-refractivity contribution in [3.05, 3.63) is 23.5 Å². The number of nitrogens with one attached hydrogen (secondary N) is 1. The predicted molar refractivity (Wildman–Crippen MR) is 74.4 cm³/mol. The zero-order valence-electron chi connectivity index (χ0n) is 11.6. The topological polar surface area (TPSA) is 97.5 Å². The molecule has 2 rings (SSSR count). The van der Waals surface area contributed by atoms with Gasteiger partial charge in [0.1, 0.15) is 11.4 Å². The molecule has 1 aromatic rings. The molecule has 1 amide bonds. The van der Waals surface area contributed by atoms with Gasteiger partial charge in [-0.1, -0.05) is 12.8 Å². The van der Waals surface area contributed by atoms with Gasteiger partial charge in [0.25, 0.3) is 5.91 Å². The number of aliphatic hydroxyl groups excluding tert-OH is 1. The van der Waals surface area contributed by atoms with Gasteiger partial charge in [-0.2, -0.15) is 0 Å². The number of rotatable bonds is 5. The van der Waals surface area contributed by atoms with E-state index in [1.165, 1.54) is 6.20 Å². The fourth-order valence-electron chi connectivity index (χ4n) is 2.63. The monoisotopic (exact) mass is 279 g/mol. The SMILES string of the molecule is COc1ccnc(C(N)=O)c1CN[C@@H]1CCCC[C@@H]1O. The highest BCUT2D eigenvalue weighted by Crippen LogP contribution is 2.22. The minimum absolute atomic E-state index is 0.0365. The number of nitrogens with two attached hydrogens (primary N) is 1. The first-order valence-corrected chi connectivity index (χ1v) is 6.86. The van der Waals surface area contributed by atoms with Gasteiger partial charge in [0.05, 0.1) is 13.2 Å². The van der Waals surface area contributed by atoms with Crippen molar-refractivity contribution < 1.29 is 14.6 Å². The predicted octanol–water partition coefficient (Wildman–Crippen LogP) is 0.582. The van der Waals surface area contributed by atoms with Crippen molar-refractivity contribution in [2.45, 2.75) is 44.4 Å². The summed E-state index contributed by atoms with van der Waals surface area (Å²) in [6.45, 7) is 0.400. The minimum Gasteiger partial charge on any atom is -0.496 e. The second kappa shape index (κ2) is 6.67. The summed E-state index contributed by atoms with van der Waals surface area (Å²) in [5, 5.41) is 13.2. The van der Waals surface area contributed by atoms with E-state index in [1.807, 2.05) is 0 Å². The van der Waals surface area contributed by atoms with Gasteiger partial charge in [0, 0.05) is 24.3 Å². The Balaban J connectivity index is 2.13. The van der Waals surface area contributed by atoms with E-state index in [9.17, 15) is 9.90 Å². The van der Waals surface area contributed by atoms with Crippen molar-refractivity contribution in [3.63, 3.8) is 0 Å². The van der Waals surface area contributed by atoms with Crippen LogP contribution in [0.3, 0.4) is 0 Å². The van der Waals surface area contributed by atoms with Crippen LogP contribution >= 0.6 is 0 Å². The number of aliphatic hydroxyl groups is 1. The molecule has 1 aliphatic rings. The Morgan fingerprint density at radius 3 is 2.95 bits per heavy atom. The van der Waals surface area contributed by atoms with Gasteiger partial charge in [0.15, 0.2) is 0 Å². The Kier molecular flexibility index (Phi) is 4.92. The van der Waals surface area contributed by atoms with E-state index in [2.05, 4.69) is 10.3 Å². The third-order valence-corrected chi connectivity index (χ3v) is 3.74. The number of nitrogens with zero attached hydrogens (tertiary/aromatic N) is 1. The van der Waals surface area contributed by atoms with Crippen LogP contribution in [0.25, 0.3) is 0 Å². The molecule has 1 aromatic heterocycles. The smallest absolute Gasteiger partial charge is 0.267 e. The Hall–Kier alpha value is -1.66. The average Bonchev–Trinajstić information content (AvgIpc) is 2.46. The van der Waals surface area contributed by atoms with Gasteiger partial charge in [-0.25, -0.2) is 0 Å². The van der Waals surface area contributed by atoms with Crippen molar-refractivity contribution in [3.8, 4) is 5.75 Å². The molecule has 0 bridgehead atoms. The first-order valence-electron chi connectivity index (χ1n) is 6.86. The summed E-state index contributed by atoms with van der Waals surface area (Å²) >= 11 is 0. The fraction of sp³-hybridized carbons (Fsp3) is 0.571. The number of methoxy groups -OCH3 is 1. The van der Waals surface area contributed by atoms with E-state index < -0.39 is 5.91 Å². The molecule has 2 atom stereocenters. The molecule has 0 aromatic carbocycles. The van der Waals surface area contributed by atoms with Crippen LogP contribution in [0.5, 0.6) is 5.75 Å². The Labute approximate surface area is 118 Å². The molecule has 1 saturated carbocycles. The number of carbonyl (C=O) groups excluding carboxylic acids is 1. The highest BCUT2D eigenvalue weighted by Gasteiger charge is 2.23. The lowest BCUT2D eigenvalue weighted by Gasteiger charge is -2.28. The largest absolute Gasteiger partial charge is 0.496 e. The average molecular weight is 279 g/mol. The molecule has 6 nitrogen and oxygen atoms in total. The maximum absolute atomic E-state index is 11.4. The van der Waals surface area contributed by atoms with Crippen molar-refractivity contribution in [2.75, 3.05) is 7.11 Å². The molecule has 4 N–H and O–H groups in total. The lowest BCUT2D eigenvalue weighted by molar-refractivity contribution is 0.0899. The Morgan fingerprint density at radius 1 is 1.55 bits per heavy atom. The zero-order chi connectivity index (χ0) is 14.5. The molecular formula is C14H21N3O3. The highest BCUT2D eigenvalue weighted by atomic mass is 16.5. The van der Waals surface area contributed by atoms with E-state index in [0.717, 1.165) is 25.7 Å². The quantitative estimate of drug-likeness (QED) is 0.732. The number of aromatic nitrogens is 1. The Bertz CT molecular complexity index is 479. The maximum Gasteiger partial charge on any atom is 0.267 e. The number of carbonyl (C=O) groups is 1. The van der Waals surface area contributed by atoms with Crippen LogP contribution in [-0.2, 0) is 6.54 Å². The lowest BCUT2D eigenvalue weighted by atomic mass is 9.92. The number of primary amides is 1. The standard InChI is InChI=1S/C14H21N3O3/c1-20-12-6-7-16-13(14(15)19)9(12)8-17-10-4-2-3-5-11(10)18/h6-7,10-11,17-18H,2-5,8H2,1H3,(H2,15,19)/t10-,11+/m1/s1. The molecule has 6 heteroatoms. The van der Waals surface area contributed by atoms with E-state index in [1.54, 1.807) is 13.2 Å². The van der Waals surface area contributed by atoms with Crippen molar-refractivity contribution in [1.82, 2.24) is 10.3 Å². The zero-order valence-corrected chi connectivity index (χ0v) is 11.6. The summed E-state index contributed by atoms with van der Waals surface area (Å²) in [5.41, 5.74) is 6.19. The third kappa shape index (κ3) is 3.26.